The van der Waals surface area contributed by atoms with Gasteiger partial charge >= 0.3 is 0 Å². The van der Waals surface area contributed by atoms with Crippen molar-refractivity contribution in [1.82, 2.24) is 9.78 Å². The maximum Gasteiger partial charge on any atom is 0.130 e. The molecule has 1 heterocycles. The number of hydrogen-bond acceptors (Lipinski definition) is 2. The van der Waals surface area contributed by atoms with Gasteiger partial charge in [0, 0.05) is 12.6 Å². The van der Waals surface area contributed by atoms with Gasteiger partial charge < -0.3 is 5.32 Å². The van der Waals surface area contributed by atoms with Crippen molar-refractivity contribution >= 4 is 29.0 Å². The molecule has 1 N–H and O–H groups in total. The first-order chi connectivity index (χ1) is 10.0. The van der Waals surface area contributed by atoms with E-state index in [1.54, 1.807) is 6.07 Å². The third-order valence-corrected chi connectivity index (χ3v) is 3.82. The Kier molecular flexibility index (Phi) is 5.54. The second kappa shape index (κ2) is 7.19. The quantitative estimate of drug-likeness (QED) is 0.791. The molecule has 0 unspecified atom stereocenters. The normalized spacial score (nSPS) is 11.1. The Morgan fingerprint density at radius 3 is 2.57 bits per heavy atom. The van der Waals surface area contributed by atoms with E-state index >= 15 is 0 Å². The van der Waals surface area contributed by atoms with Crippen LogP contribution >= 0.6 is 23.2 Å². The number of halogens is 2. The number of benzene rings is 1. The lowest BCUT2D eigenvalue weighted by Crippen LogP contribution is -2.07. The Bertz CT molecular complexity index is 606. The zero-order valence-electron chi connectivity index (χ0n) is 12.7. The lowest BCUT2D eigenvalue weighted by molar-refractivity contribution is 0.628. The Morgan fingerprint density at radius 1 is 1.19 bits per heavy atom. The number of hydrogen-bond donors (Lipinski definition) is 1. The average Bonchev–Trinajstić information content (AvgIpc) is 2.81. The Balaban J connectivity index is 2.38. The molecule has 1 aromatic carbocycles. The molecule has 0 aliphatic heterocycles. The van der Waals surface area contributed by atoms with E-state index in [0.29, 0.717) is 16.0 Å². The van der Waals surface area contributed by atoms with Crippen LogP contribution in [-0.2, 0) is 6.42 Å². The van der Waals surface area contributed by atoms with Crippen molar-refractivity contribution < 1.29 is 0 Å². The standard InChI is InChI=1S/C16H21Cl2N3/c1-4-7-19-16-9-12(8-11(2)3)20-21(16)13-5-6-14(17)15(18)10-13/h5-6,9-11,19H,4,7-8H2,1-3H3. The topological polar surface area (TPSA) is 29.9 Å². The van der Waals surface area contributed by atoms with E-state index in [2.05, 4.69) is 32.2 Å². The van der Waals surface area contributed by atoms with Crippen LogP contribution in [0.4, 0.5) is 5.82 Å². The van der Waals surface area contributed by atoms with Crippen LogP contribution in [0.1, 0.15) is 32.9 Å². The molecule has 21 heavy (non-hydrogen) atoms. The third-order valence-electron chi connectivity index (χ3n) is 3.08. The molecule has 5 heteroatoms. The first-order valence-electron chi connectivity index (χ1n) is 7.29. The molecule has 0 amide bonds. The van der Waals surface area contributed by atoms with Crippen LogP contribution in [0.25, 0.3) is 5.69 Å². The fraction of sp³-hybridized carbons (Fsp3) is 0.438. The van der Waals surface area contributed by atoms with E-state index in [1.807, 2.05) is 16.8 Å². The summed E-state index contributed by atoms with van der Waals surface area (Å²) in [6, 6.07) is 7.68. The zero-order chi connectivity index (χ0) is 15.4. The molecule has 0 aliphatic rings. The van der Waals surface area contributed by atoms with Crippen LogP contribution in [0.3, 0.4) is 0 Å². The highest BCUT2D eigenvalue weighted by Crippen LogP contribution is 2.26. The zero-order valence-corrected chi connectivity index (χ0v) is 14.2. The highest BCUT2D eigenvalue weighted by Gasteiger charge is 2.11. The third kappa shape index (κ3) is 4.14. The maximum absolute atomic E-state index is 6.12. The van der Waals surface area contributed by atoms with Gasteiger partial charge in [-0.15, -0.1) is 0 Å². The summed E-state index contributed by atoms with van der Waals surface area (Å²) < 4.78 is 1.90. The predicted octanol–water partition coefficient (Wildman–Crippen LogP) is 5.20. The van der Waals surface area contributed by atoms with Gasteiger partial charge in [-0.3, -0.25) is 0 Å². The Morgan fingerprint density at radius 2 is 1.95 bits per heavy atom. The smallest absolute Gasteiger partial charge is 0.130 e. The van der Waals surface area contributed by atoms with E-state index in [-0.39, 0.29) is 0 Å². The van der Waals surface area contributed by atoms with E-state index in [0.717, 1.165) is 36.6 Å². The molecule has 114 valence electrons. The van der Waals surface area contributed by atoms with Crippen LogP contribution in [0.5, 0.6) is 0 Å². The van der Waals surface area contributed by atoms with Gasteiger partial charge in [0.25, 0.3) is 0 Å². The molecule has 3 nitrogen and oxygen atoms in total. The summed E-state index contributed by atoms with van der Waals surface area (Å²) in [4.78, 5) is 0. The van der Waals surface area contributed by atoms with Gasteiger partial charge in [0.1, 0.15) is 5.82 Å². The fourth-order valence-corrected chi connectivity index (χ4v) is 2.43. The molecule has 0 spiro atoms. The van der Waals surface area contributed by atoms with Gasteiger partial charge in [0.05, 0.1) is 21.4 Å². The lowest BCUT2D eigenvalue weighted by atomic mass is 10.1. The molecule has 0 atom stereocenters. The van der Waals surface area contributed by atoms with E-state index in [4.69, 9.17) is 28.3 Å². The highest BCUT2D eigenvalue weighted by molar-refractivity contribution is 6.42. The summed E-state index contributed by atoms with van der Waals surface area (Å²) in [7, 11) is 0. The first kappa shape index (κ1) is 16.2. The van der Waals surface area contributed by atoms with E-state index in [9.17, 15) is 0 Å². The van der Waals surface area contributed by atoms with Gasteiger partial charge in [-0.25, -0.2) is 4.68 Å². The van der Waals surface area contributed by atoms with Crippen molar-refractivity contribution in [2.45, 2.75) is 33.6 Å². The molecular formula is C16H21Cl2N3. The minimum Gasteiger partial charge on any atom is -0.370 e. The molecule has 0 saturated heterocycles. The van der Waals surface area contributed by atoms with Crippen molar-refractivity contribution in [3.63, 3.8) is 0 Å². The van der Waals surface area contributed by atoms with Crippen LogP contribution in [0, 0.1) is 5.92 Å². The summed E-state index contributed by atoms with van der Waals surface area (Å²) in [5.74, 6) is 1.56. The average molecular weight is 326 g/mol. The highest BCUT2D eigenvalue weighted by atomic mass is 35.5. The van der Waals surface area contributed by atoms with Gasteiger partial charge in [0.15, 0.2) is 0 Å². The first-order valence-corrected chi connectivity index (χ1v) is 8.05. The Hall–Kier alpha value is -1.19. The van der Waals surface area contributed by atoms with E-state index < -0.39 is 0 Å². The molecule has 0 saturated carbocycles. The number of nitrogens with zero attached hydrogens (tertiary/aromatic N) is 2. The number of nitrogens with one attached hydrogen (secondary N) is 1. The van der Waals surface area contributed by atoms with Crippen molar-refractivity contribution in [1.29, 1.82) is 0 Å². The fourth-order valence-electron chi connectivity index (χ4n) is 2.14. The molecule has 2 aromatic rings. The summed E-state index contributed by atoms with van der Waals surface area (Å²) in [5.41, 5.74) is 1.99. The van der Waals surface area contributed by atoms with Crippen molar-refractivity contribution in [3.8, 4) is 5.69 Å². The van der Waals surface area contributed by atoms with Crippen molar-refractivity contribution in [2.24, 2.45) is 5.92 Å². The second-order valence-electron chi connectivity index (χ2n) is 5.56. The molecule has 0 fully saturated rings. The SMILES string of the molecule is CCCNc1cc(CC(C)C)nn1-c1ccc(Cl)c(Cl)c1. The van der Waals surface area contributed by atoms with Gasteiger partial charge in [-0.1, -0.05) is 44.0 Å². The summed E-state index contributed by atoms with van der Waals surface area (Å²) >= 11 is 12.1. The van der Waals surface area contributed by atoms with Crippen LogP contribution in [0.2, 0.25) is 10.0 Å². The number of aromatic nitrogens is 2. The summed E-state index contributed by atoms with van der Waals surface area (Å²) in [5, 5.41) is 9.20. The minimum atomic E-state index is 0.538. The van der Waals surface area contributed by atoms with Crippen LogP contribution < -0.4 is 5.32 Å². The molecule has 1 aromatic heterocycles. The van der Waals surface area contributed by atoms with E-state index in [1.165, 1.54) is 0 Å². The minimum absolute atomic E-state index is 0.538. The monoisotopic (exact) mass is 325 g/mol. The van der Waals surface area contributed by atoms with Gasteiger partial charge in [-0.05, 0) is 37.0 Å². The molecule has 0 bridgehead atoms. The summed E-state index contributed by atoms with van der Waals surface area (Å²) in [6.07, 6.45) is 2.02. The number of rotatable bonds is 6. The largest absolute Gasteiger partial charge is 0.370 e. The number of anilines is 1. The molecule has 0 radical (unpaired) electrons. The van der Waals surface area contributed by atoms with Crippen molar-refractivity contribution in [3.05, 3.63) is 40.0 Å². The van der Waals surface area contributed by atoms with Gasteiger partial charge in [-0.2, -0.15) is 5.10 Å². The van der Waals surface area contributed by atoms with Crippen LogP contribution in [0.15, 0.2) is 24.3 Å². The maximum atomic E-state index is 6.12. The second-order valence-corrected chi connectivity index (χ2v) is 6.37. The molecular weight excluding hydrogens is 305 g/mol. The van der Waals surface area contributed by atoms with Crippen LogP contribution in [-0.4, -0.2) is 16.3 Å². The molecule has 0 aliphatic carbocycles. The lowest BCUT2D eigenvalue weighted by Gasteiger charge is -2.09. The predicted molar refractivity (Wildman–Crippen MR) is 90.9 cm³/mol. The Labute approximate surface area is 136 Å². The molecule has 2 rings (SSSR count). The summed E-state index contributed by atoms with van der Waals surface area (Å²) in [6.45, 7) is 7.44. The van der Waals surface area contributed by atoms with Gasteiger partial charge in [0.2, 0.25) is 0 Å². The van der Waals surface area contributed by atoms with Crippen molar-refractivity contribution in [2.75, 3.05) is 11.9 Å².